The largest absolute Gasteiger partial charge is 0.495 e. The van der Waals surface area contributed by atoms with E-state index in [-0.39, 0.29) is 29.4 Å². The summed E-state index contributed by atoms with van der Waals surface area (Å²) in [6.07, 6.45) is 1.14. The molecule has 0 bridgehead atoms. The lowest BCUT2D eigenvalue weighted by atomic mass is 10.0. The van der Waals surface area contributed by atoms with E-state index >= 15 is 0 Å². The van der Waals surface area contributed by atoms with Crippen LogP contribution in [0.2, 0.25) is 15.1 Å². The number of anilines is 1. The van der Waals surface area contributed by atoms with Gasteiger partial charge in [-0.3, -0.25) is 13.9 Å². The number of halogens is 3. The number of sulfonamides is 1. The van der Waals surface area contributed by atoms with E-state index in [1.807, 2.05) is 30.3 Å². The molecule has 2 amide bonds. The van der Waals surface area contributed by atoms with Crippen molar-refractivity contribution in [1.82, 2.24) is 10.2 Å². The van der Waals surface area contributed by atoms with Crippen molar-refractivity contribution in [3.05, 3.63) is 92.9 Å². The van der Waals surface area contributed by atoms with Crippen LogP contribution in [-0.4, -0.2) is 57.6 Å². The Kier molecular flexibility index (Phi) is 11.1. The van der Waals surface area contributed by atoms with Gasteiger partial charge in [0, 0.05) is 40.1 Å². The summed E-state index contributed by atoms with van der Waals surface area (Å²) in [6, 6.07) is 17.6. The Balaban J connectivity index is 2.13. The molecule has 1 N–H and O–H groups in total. The molecule has 0 spiro atoms. The average molecular weight is 627 g/mol. The number of hydrogen-bond donors (Lipinski definition) is 1. The molecule has 214 valence electrons. The number of rotatable bonds is 12. The lowest BCUT2D eigenvalue weighted by Crippen LogP contribution is -2.53. The maximum Gasteiger partial charge on any atom is 0.244 e. The van der Waals surface area contributed by atoms with Crippen molar-refractivity contribution in [2.75, 3.05) is 30.8 Å². The summed E-state index contributed by atoms with van der Waals surface area (Å²) in [5.74, 6) is -0.863. The smallest absolute Gasteiger partial charge is 0.244 e. The van der Waals surface area contributed by atoms with Crippen LogP contribution < -0.4 is 14.4 Å². The zero-order valence-corrected chi connectivity index (χ0v) is 25.3. The topological polar surface area (TPSA) is 96.0 Å². The zero-order chi connectivity index (χ0) is 29.4. The van der Waals surface area contributed by atoms with Crippen molar-refractivity contribution in [3.8, 4) is 5.75 Å². The first kappa shape index (κ1) is 31.5. The molecular weight excluding hydrogens is 597 g/mol. The van der Waals surface area contributed by atoms with E-state index in [9.17, 15) is 18.0 Å². The summed E-state index contributed by atoms with van der Waals surface area (Å²) in [5, 5.41) is 3.64. The lowest BCUT2D eigenvalue weighted by molar-refractivity contribution is -0.140. The minimum Gasteiger partial charge on any atom is -0.495 e. The normalized spacial score (nSPS) is 11.9. The Labute approximate surface area is 249 Å². The second-order valence-corrected chi connectivity index (χ2v) is 12.1. The van der Waals surface area contributed by atoms with Crippen LogP contribution in [0, 0.1) is 0 Å². The van der Waals surface area contributed by atoms with Gasteiger partial charge in [0.1, 0.15) is 18.3 Å². The maximum absolute atomic E-state index is 14.1. The van der Waals surface area contributed by atoms with Gasteiger partial charge in [0.25, 0.3) is 0 Å². The lowest BCUT2D eigenvalue weighted by Gasteiger charge is -2.34. The first-order valence-corrected chi connectivity index (χ1v) is 15.3. The highest BCUT2D eigenvalue weighted by Crippen LogP contribution is 2.33. The number of amides is 2. The quantitative estimate of drug-likeness (QED) is 0.298. The van der Waals surface area contributed by atoms with Crippen molar-refractivity contribution in [2.45, 2.75) is 25.9 Å². The number of carbonyl (C=O) groups excluding carboxylic acids is 2. The molecule has 0 saturated heterocycles. The van der Waals surface area contributed by atoms with Crippen molar-refractivity contribution >= 4 is 62.3 Å². The van der Waals surface area contributed by atoms with Gasteiger partial charge in [0.2, 0.25) is 21.8 Å². The molecule has 8 nitrogen and oxygen atoms in total. The van der Waals surface area contributed by atoms with E-state index in [1.165, 1.54) is 24.1 Å². The van der Waals surface area contributed by atoms with Gasteiger partial charge in [0.05, 0.1) is 19.1 Å². The molecule has 3 rings (SSSR count). The molecule has 3 aromatic carbocycles. The van der Waals surface area contributed by atoms with Gasteiger partial charge in [0.15, 0.2) is 0 Å². The highest BCUT2D eigenvalue weighted by Gasteiger charge is 2.34. The van der Waals surface area contributed by atoms with Crippen LogP contribution in [0.1, 0.15) is 18.1 Å². The highest BCUT2D eigenvalue weighted by molar-refractivity contribution is 7.92. The van der Waals surface area contributed by atoms with Gasteiger partial charge in [-0.2, -0.15) is 0 Å². The molecule has 0 radical (unpaired) electrons. The number of likely N-dealkylation sites (N-methyl/N-ethyl adjacent to an activating group) is 1. The Morgan fingerprint density at radius 3 is 2.20 bits per heavy atom. The predicted molar refractivity (Wildman–Crippen MR) is 160 cm³/mol. The van der Waals surface area contributed by atoms with Gasteiger partial charge in [-0.15, -0.1) is 0 Å². The number of ether oxygens (including phenoxy) is 1. The fourth-order valence-electron chi connectivity index (χ4n) is 4.15. The third kappa shape index (κ3) is 8.04. The van der Waals surface area contributed by atoms with Gasteiger partial charge in [-0.1, -0.05) is 71.2 Å². The number of nitrogens with one attached hydrogen (secondary N) is 1. The van der Waals surface area contributed by atoms with Crippen molar-refractivity contribution in [1.29, 1.82) is 0 Å². The molecule has 0 aliphatic carbocycles. The fourth-order valence-corrected chi connectivity index (χ4v) is 5.68. The molecule has 0 aliphatic rings. The zero-order valence-electron chi connectivity index (χ0n) is 22.2. The Hall–Kier alpha value is -2.98. The maximum atomic E-state index is 14.1. The summed E-state index contributed by atoms with van der Waals surface area (Å²) < 4.78 is 32.2. The first-order chi connectivity index (χ1) is 19.0. The van der Waals surface area contributed by atoms with Crippen LogP contribution in [0.4, 0.5) is 5.69 Å². The van der Waals surface area contributed by atoms with E-state index in [0.717, 1.165) is 16.1 Å². The second kappa shape index (κ2) is 14.1. The number of carbonyl (C=O) groups is 2. The first-order valence-electron chi connectivity index (χ1n) is 12.3. The van der Waals surface area contributed by atoms with Crippen LogP contribution in [0.25, 0.3) is 0 Å². The summed E-state index contributed by atoms with van der Waals surface area (Å²) in [5.41, 5.74) is 1.31. The van der Waals surface area contributed by atoms with E-state index in [2.05, 4.69) is 5.32 Å². The van der Waals surface area contributed by atoms with E-state index in [0.29, 0.717) is 22.2 Å². The Bertz CT molecular complexity index is 1430. The molecule has 0 heterocycles. The van der Waals surface area contributed by atoms with E-state index in [1.54, 1.807) is 31.2 Å². The number of nitrogens with zero attached hydrogens (tertiary/aromatic N) is 2. The minimum absolute atomic E-state index is 0.0826. The fraction of sp³-hybridized carbons (Fsp3) is 0.286. The Morgan fingerprint density at radius 2 is 1.62 bits per heavy atom. The van der Waals surface area contributed by atoms with Gasteiger partial charge in [-0.25, -0.2) is 8.42 Å². The minimum atomic E-state index is -4.01. The molecule has 1 atom stereocenters. The monoisotopic (exact) mass is 625 g/mol. The van der Waals surface area contributed by atoms with E-state index < -0.39 is 34.4 Å². The van der Waals surface area contributed by atoms with Crippen LogP contribution in [0.5, 0.6) is 5.75 Å². The van der Waals surface area contributed by atoms with Crippen LogP contribution in [-0.2, 0) is 32.6 Å². The molecule has 3 aromatic rings. The molecule has 40 heavy (non-hydrogen) atoms. The van der Waals surface area contributed by atoms with Crippen LogP contribution in [0.15, 0.2) is 66.7 Å². The number of methoxy groups -OCH3 is 1. The number of hydrogen-bond acceptors (Lipinski definition) is 5. The molecular formula is C28H30Cl3N3O5S. The summed E-state index contributed by atoms with van der Waals surface area (Å²) >= 11 is 19.1. The van der Waals surface area contributed by atoms with Crippen LogP contribution in [0.3, 0.4) is 0 Å². The third-order valence-electron chi connectivity index (χ3n) is 6.10. The highest BCUT2D eigenvalue weighted by atomic mass is 35.5. The van der Waals surface area contributed by atoms with E-state index in [4.69, 9.17) is 39.5 Å². The molecule has 0 saturated carbocycles. The van der Waals surface area contributed by atoms with Gasteiger partial charge >= 0.3 is 0 Å². The third-order valence-corrected chi connectivity index (χ3v) is 8.17. The summed E-state index contributed by atoms with van der Waals surface area (Å²) in [6.45, 7) is 1.32. The van der Waals surface area contributed by atoms with Crippen molar-refractivity contribution in [3.63, 3.8) is 0 Å². The SMILES string of the molecule is CCNC(=O)[C@@H](Cc1ccccc1)N(Cc1c(Cl)cccc1Cl)C(=O)CN(c1cc(Cl)ccc1OC)S(C)(=O)=O. The summed E-state index contributed by atoms with van der Waals surface area (Å²) in [4.78, 5) is 28.8. The molecule has 0 aromatic heterocycles. The molecule has 12 heteroatoms. The Morgan fingerprint density at radius 1 is 0.975 bits per heavy atom. The average Bonchev–Trinajstić information content (AvgIpc) is 2.90. The van der Waals surface area contributed by atoms with Crippen molar-refractivity contribution < 1.29 is 22.7 Å². The predicted octanol–water partition coefficient (Wildman–Crippen LogP) is 5.20. The molecule has 0 unspecified atom stereocenters. The molecule has 0 fully saturated rings. The molecule has 0 aliphatic heterocycles. The van der Waals surface area contributed by atoms with Gasteiger partial charge in [-0.05, 0) is 42.8 Å². The van der Waals surface area contributed by atoms with Crippen molar-refractivity contribution in [2.24, 2.45) is 0 Å². The van der Waals surface area contributed by atoms with Crippen LogP contribution >= 0.6 is 34.8 Å². The van der Waals surface area contributed by atoms with Gasteiger partial charge < -0.3 is 15.0 Å². The second-order valence-electron chi connectivity index (χ2n) is 8.91. The summed E-state index contributed by atoms with van der Waals surface area (Å²) in [7, 11) is -2.62. The standard InChI is InChI=1S/C28H30Cl3N3O5S/c1-4-32-28(36)25(15-19-9-6-5-7-10-19)33(17-21-22(30)11-8-12-23(21)31)27(35)18-34(40(3,37)38)24-16-20(29)13-14-26(24)39-2/h5-14,16,25H,4,15,17-18H2,1-3H3,(H,32,36)/t25-/m1/s1. The number of benzene rings is 3.